The highest BCUT2D eigenvalue weighted by Crippen LogP contribution is 2.18. The molecule has 2 aromatic rings. The van der Waals surface area contributed by atoms with Gasteiger partial charge in [-0.3, -0.25) is 0 Å². The summed E-state index contributed by atoms with van der Waals surface area (Å²) >= 11 is 0. The molecule has 0 aliphatic heterocycles. The van der Waals surface area contributed by atoms with Crippen LogP contribution in [0.15, 0.2) is 42.5 Å². The number of ether oxygens (including phenoxy) is 1. The molecular weight excluding hydrogens is 344 g/mol. The summed E-state index contributed by atoms with van der Waals surface area (Å²) in [5.41, 5.74) is 0.338. The van der Waals surface area contributed by atoms with Crippen LogP contribution in [0.2, 0.25) is 0 Å². The van der Waals surface area contributed by atoms with Crippen molar-refractivity contribution >= 4 is 17.4 Å². The van der Waals surface area contributed by atoms with E-state index in [4.69, 9.17) is 4.74 Å². The topological polar surface area (TPSA) is 73.8 Å². The Morgan fingerprint density at radius 2 is 1.85 bits per heavy atom. The first-order valence-electron chi connectivity index (χ1n) is 7.92. The lowest BCUT2D eigenvalue weighted by Crippen LogP contribution is -2.30. The summed E-state index contributed by atoms with van der Waals surface area (Å²) in [6.45, 7) is 0.634. The minimum atomic E-state index is -0.861. The molecule has 0 spiro atoms. The van der Waals surface area contributed by atoms with Crippen LogP contribution in [0.1, 0.15) is 0 Å². The third-order valence-corrected chi connectivity index (χ3v) is 3.31. The molecule has 0 radical (unpaired) electrons. The van der Waals surface area contributed by atoms with Gasteiger partial charge in [0.25, 0.3) is 0 Å². The van der Waals surface area contributed by atoms with Crippen molar-refractivity contribution in [1.29, 1.82) is 0 Å². The normalized spacial score (nSPS) is 11.9. The maximum Gasteiger partial charge on any atom is 0.323 e. The van der Waals surface area contributed by atoms with Gasteiger partial charge in [0.15, 0.2) is 0 Å². The number of hydrogen-bond acceptors (Lipinski definition) is 4. The molecule has 0 aromatic heterocycles. The number of carbonyl (C=O) groups excluding carboxylic acids is 1. The summed E-state index contributed by atoms with van der Waals surface area (Å²) < 4.78 is 31.8. The standard InChI is InChI=1S/C18H21F2N3O3/c1-23(2)10-14(24)11-26-15-6-4-13(5-7-15)21-18(25)22-17-8-3-12(19)9-16(17)20/h3-9,14,24H,10-11H2,1-2H3,(H2,21,22,25)/t14-/m0/s1. The number of hydrogen-bond donors (Lipinski definition) is 3. The number of anilines is 2. The lowest BCUT2D eigenvalue weighted by molar-refractivity contribution is 0.0831. The van der Waals surface area contributed by atoms with Crippen LogP contribution in [-0.2, 0) is 0 Å². The van der Waals surface area contributed by atoms with Crippen molar-refractivity contribution in [1.82, 2.24) is 4.90 Å². The van der Waals surface area contributed by atoms with Gasteiger partial charge in [0.1, 0.15) is 30.1 Å². The molecule has 0 saturated carbocycles. The number of aliphatic hydroxyl groups excluding tert-OH is 1. The van der Waals surface area contributed by atoms with E-state index in [0.717, 1.165) is 12.1 Å². The molecule has 6 nitrogen and oxygen atoms in total. The van der Waals surface area contributed by atoms with E-state index in [0.29, 0.717) is 24.0 Å². The van der Waals surface area contributed by atoms with Crippen LogP contribution >= 0.6 is 0 Å². The van der Waals surface area contributed by atoms with Crippen molar-refractivity contribution < 1.29 is 23.4 Å². The smallest absolute Gasteiger partial charge is 0.323 e. The summed E-state index contributed by atoms with van der Waals surface area (Å²) in [7, 11) is 3.71. The number of carbonyl (C=O) groups is 1. The Labute approximate surface area is 150 Å². The predicted octanol–water partition coefficient (Wildman–Crippen LogP) is 2.91. The molecule has 0 aliphatic carbocycles. The average molecular weight is 365 g/mol. The number of halogens is 2. The van der Waals surface area contributed by atoms with Crippen LogP contribution in [0.4, 0.5) is 25.0 Å². The van der Waals surface area contributed by atoms with Crippen LogP contribution in [0.25, 0.3) is 0 Å². The molecule has 0 aliphatic rings. The van der Waals surface area contributed by atoms with Gasteiger partial charge in [-0.1, -0.05) is 0 Å². The quantitative estimate of drug-likeness (QED) is 0.705. The minimum absolute atomic E-state index is 0.126. The first kappa shape index (κ1) is 19.6. The summed E-state index contributed by atoms with van der Waals surface area (Å²) in [4.78, 5) is 13.7. The predicted molar refractivity (Wildman–Crippen MR) is 95.5 cm³/mol. The van der Waals surface area contributed by atoms with E-state index >= 15 is 0 Å². The van der Waals surface area contributed by atoms with Crippen LogP contribution < -0.4 is 15.4 Å². The minimum Gasteiger partial charge on any atom is -0.491 e. The number of likely N-dealkylation sites (N-methyl/N-ethyl adjacent to an activating group) is 1. The van der Waals surface area contributed by atoms with Gasteiger partial charge in [0, 0.05) is 18.3 Å². The molecule has 140 valence electrons. The second-order valence-electron chi connectivity index (χ2n) is 5.95. The second-order valence-corrected chi connectivity index (χ2v) is 5.95. The highest BCUT2D eigenvalue weighted by molar-refractivity contribution is 5.99. The Balaban J connectivity index is 1.85. The molecule has 0 heterocycles. The summed E-state index contributed by atoms with van der Waals surface area (Å²) in [5, 5.41) is 14.6. The first-order valence-corrected chi connectivity index (χ1v) is 7.92. The van der Waals surface area contributed by atoms with Gasteiger partial charge in [-0.05, 0) is 50.5 Å². The fourth-order valence-corrected chi connectivity index (χ4v) is 2.18. The molecule has 0 bridgehead atoms. The van der Waals surface area contributed by atoms with Crippen LogP contribution in [0, 0.1) is 11.6 Å². The van der Waals surface area contributed by atoms with E-state index in [-0.39, 0.29) is 12.3 Å². The van der Waals surface area contributed by atoms with Crippen molar-refractivity contribution in [3.05, 3.63) is 54.1 Å². The summed E-state index contributed by atoms with van der Waals surface area (Å²) in [6, 6.07) is 8.70. The molecule has 2 amide bonds. The van der Waals surface area contributed by atoms with E-state index in [1.807, 2.05) is 19.0 Å². The maximum absolute atomic E-state index is 13.5. The highest BCUT2D eigenvalue weighted by atomic mass is 19.1. The lowest BCUT2D eigenvalue weighted by atomic mass is 10.3. The fourth-order valence-electron chi connectivity index (χ4n) is 2.18. The molecular formula is C18H21F2N3O3. The first-order chi connectivity index (χ1) is 12.3. The number of rotatable bonds is 7. The van der Waals surface area contributed by atoms with Gasteiger partial charge in [-0.25, -0.2) is 13.6 Å². The number of nitrogens with zero attached hydrogens (tertiary/aromatic N) is 1. The SMILES string of the molecule is CN(C)C[C@H](O)COc1ccc(NC(=O)Nc2ccc(F)cc2F)cc1. The van der Waals surface area contributed by atoms with E-state index in [1.54, 1.807) is 24.3 Å². The molecule has 1 atom stereocenters. The number of amides is 2. The monoisotopic (exact) mass is 365 g/mol. The molecule has 8 heteroatoms. The molecule has 2 aromatic carbocycles. The zero-order valence-corrected chi connectivity index (χ0v) is 14.5. The Morgan fingerprint density at radius 1 is 1.15 bits per heavy atom. The fraction of sp³-hybridized carbons (Fsp3) is 0.278. The van der Waals surface area contributed by atoms with Gasteiger partial charge in [-0.2, -0.15) is 0 Å². The Kier molecular flexibility index (Phi) is 6.88. The van der Waals surface area contributed by atoms with Gasteiger partial charge in [0.2, 0.25) is 0 Å². The third kappa shape index (κ3) is 6.30. The third-order valence-electron chi connectivity index (χ3n) is 3.31. The van der Waals surface area contributed by atoms with Crippen molar-refractivity contribution in [2.75, 3.05) is 37.9 Å². The van der Waals surface area contributed by atoms with Gasteiger partial charge in [0.05, 0.1) is 5.69 Å². The molecule has 3 N–H and O–H groups in total. The zero-order valence-electron chi connectivity index (χ0n) is 14.5. The number of nitrogens with one attached hydrogen (secondary N) is 2. The Bertz CT molecular complexity index is 739. The van der Waals surface area contributed by atoms with Gasteiger partial charge >= 0.3 is 6.03 Å². The maximum atomic E-state index is 13.5. The number of aliphatic hydroxyl groups is 1. The van der Waals surface area contributed by atoms with E-state index in [9.17, 15) is 18.7 Å². The molecule has 0 fully saturated rings. The lowest BCUT2D eigenvalue weighted by Gasteiger charge is -2.16. The van der Waals surface area contributed by atoms with Crippen LogP contribution in [0.3, 0.4) is 0 Å². The van der Waals surface area contributed by atoms with E-state index in [1.165, 1.54) is 0 Å². The number of benzene rings is 2. The van der Waals surface area contributed by atoms with E-state index in [2.05, 4.69) is 10.6 Å². The van der Waals surface area contributed by atoms with Crippen molar-refractivity contribution in [2.45, 2.75) is 6.10 Å². The van der Waals surface area contributed by atoms with Crippen molar-refractivity contribution in [3.8, 4) is 5.75 Å². The summed E-state index contributed by atoms with van der Waals surface area (Å²) in [6.07, 6.45) is -0.612. The zero-order chi connectivity index (χ0) is 19.1. The largest absolute Gasteiger partial charge is 0.491 e. The highest BCUT2D eigenvalue weighted by Gasteiger charge is 2.09. The van der Waals surface area contributed by atoms with Crippen LogP contribution in [-0.4, -0.2) is 49.4 Å². The molecule has 0 saturated heterocycles. The number of urea groups is 1. The van der Waals surface area contributed by atoms with Gasteiger partial charge < -0.3 is 25.4 Å². The van der Waals surface area contributed by atoms with Crippen molar-refractivity contribution in [3.63, 3.8) is 0 Å². The molecule has 0 unspecified atom stereocenters. The Hall–Kier alpha value is -2.71. The Morgan fingerprint density at radius 3 is 2.46 bits per heavy atom. The second kappa shape index (κ2) is 9.12. The molecule has 26 heavy (non-hydrogen) atoms. The average Bonchev–Trinajstić information content (AvgIpc) is 2.56. The summed E-state index contributed by atoms with van der Waals surface area (Å²) in [5.74, 6) is -1.04. The van der Waals surface area contributed by atoms with Gasteiger partial charge in [-0.15, -0.1) is 0 Å². The van der Waals surface area contributed by atoms with E-state index < -0.39 is 23.8 Å². The van der Waals surface area contributed by atoms with Crippen LogP contribution in [0.5, 0.6) is 5.75 Å². The van der Waals surface area contributed by atoms with Crippen molar-refractivity contribution in [2.24, 2.45) is 0 Å². The molecule has 2 rings (SSSR count).